The number of hydrogen-bond acceptors (Lipinski definition) is 1. The van der Waals surface area contributed by atoms with Crippen LogP contribution in [0, 0.1) is 17.7 Å². The molecule has 2 atom stereocenters. The third-order valence-electron chi connectivity index (χ3n) is 3.71. The quantitative estimate of drug-likeness (QED) is 0.755. The molecule has 0 saturated heterocycles. The van der Waals surface area contributed by atoms with E-state index >= 15 is 0 Å². The highest BCUT2D eigenvalue weighted by atomic mass is 19.1. The lowest BCUT2D eigenvalue weighted by Crippen LogP contribution is -2.33. The Morgan fingerprint density at radius 3 is 2.41 bits per heavy atom. The van der Waals surface area contributed by atoms with Crippen LogP contribution in [0.4, 0.5) is 4.39 Å². The van der Waals surface area contributed by atoms with Crippen molar-refractivity contribution in [1.82, 2.24) is 0 Å². The topological polar surface area (TPSA) is 9.23 Å². The first-order valence-electron chi connectivity index (χ1n) is 6.59. The summed E-state index contributed by atoms with van der Waals surface area (Å²) in [5.41, 5.74) is 0. The molecule has 0 heterocycles. The predicted molar refractivity (Wildman–Crippen MR) is 67.6 cm³/mol. The Kier molecular flexibility index (Phi) is 4.03. The molecule has 2 unspecified atom stereocenters. The molecular formula is C15H21FO. The molecule has 0 N–H and O–H groups in total. The summed E-state index contributed by atoms with van der Waals surface area (Å²) in [4.78, 5) is 0. The van der Waals surface area contributed by atoms with E-state index < -0.39 is 0 Å². The fourth-order valence-electron chi connectivity index (χ4n) is 2.72. The lowest BCUT2D eigenvalue weighted by Gasteiger charge is -2.34. The van der Waals surface area contributed by atoms with Gasteiger partial charge in [0.25, 0.3) is 0 Å². The van der Waals surface area contributed by atoms with Crippen LogP contribution in [0.15, 0.2) is 24.3 Å². The molecule has 2 rings (SSSR count). The van der Waals surface area contributed by atoms with Gasteiger partial charge in [-0.2, -0.15) is 0 Å². The molecule has 1 fully saturated rings. The van der Waals surface area contributed by atoms with E-state index in [-0.39, 0.29) is 5.82 Å². The summed E-state index contributed by atoms with van der Waals surface area (Å²) in [5.74, 6) is 1.87. The van der Waals surface area contributed by atoms with Crippen LogP contribution in [0.3, 0.4) is 0 Å². The van der Waals surface area contributed by atoms with Crippen molar-refractivity contribution in [3.05, 3.63) is 30.1 Å². The zero-order chi connectivity index (χ0) is 12.3. The highest BCUT2D eigenvalue weighted by Crippen LogP contribution is 2.33. The summed E-state index contributed by atoms with van der Waals surface area (Å²) in [6, 6.07) is 6.37. The van der Waals surface area contributed by atoms with Crippen molar-refractivity contribution in [3.8, 4) is 5.75 Å². The van der Waals surface area contributed by atoms with E-state index in [0.717, 1.165) is 12.2 Å². The lowest BCUT2D eigenvalue weighted by molar-refractivity contribution is 0.0662. The first kappa shape index (κ1) is 12.4. The Hall–Kier alpha value is -1.05. The zero-order valence-electron chi connectivity index (χ0n) is 10.7. The van der Waals surface area contributed by atoms with Crippen molar-refractivity contribution in [1.29, 1.82) is 0 Å². The van der Waals surface area contributed by atoms with Gasteiger partial charge in [-0.1, -0.05) is 20.3 Å². The van der Waals surface area contributed by atoms with Crippen LogP contribution in [0.25, 0.3) is 0 Å². The Labute approximate surface area is 103 Å². The van der Waals surface area contributed by atoms with Crippen molar-refractivity contribution >= 4 is 0 Å². The van der Waals surface area contributed by atoms with Crippen LogP contribution < -0.4 is 4.74 Å². The Morgan fingerprint density at radius 2 is 1.76 bits per heavy atom. The van der Waals surface area contributed by atoms with Crippen LogP contribution in [-0.4, -0.2) is 6.10 Å². The van der Waals surface area contributed by atoms with Crippen LogP contribution in [0.5, 0.6) is 5.75 Å². The minimum Gasteiger partial charge on any atom is -0.490 e. The lowest BCUT2D eigenvalue weighted by atomic mass is 9.79. The van der Waals surface area contributed by atoms with Crippen molar-refractivity contribution in [3.63, 3.8) is 0 Å². The van der Waals surface area contributed by atoms with Crippen LogP contribution in [-0.2, 0) is 0 Å². The molecule has 0 spiro atoms. The number of benzene rings is 1. The number of hydrogen-bond donors (Lipinski definition) is 0. The summed E-state index contributed by atoms with van der Waals surface area (Å²) in [6.07, 6.45) is 5.24. The van der Waals surface area contributed by atoms with Gasteiger partial charge in [0.15, 0.2) is 0 Å². The maximum atomic E-state index is 12.8. The second-order valence-electron chi connectivity index (χ2n) is 5.30. The van der Waals surface area contributed by atoms with Crippen molar-refractivity contribution in [2.75, 3.05) is 0 Å². The highest BCUT2D eigenvalue weighted by Gasteiger charge is 2.28. The Balaban J connectivity index is 2.02. The Morgan fingerprint density at radius 1 is 1.12 bits per heavy atom. The molecule has 1 saturated carbocycles. The molecule has 17 heavy (non-hydrogen) atoms. The highest BCUT2D eigenvalue weighted by molar-refractivity contribution is 5.22. The normalized spacial score (nSPS) is 24.9. The third kappa shape index (κ3) is 3.21. The Bertz CT molecular complexity index is 344. The average Bonchev–Trinajstić information content (AvgIpc) is 2.32. The van der Waals surface area contributed by atoms with Gasteiger partial charge in [0.1, 0.15) is 17.7 Å². The molecule has 0 aliphatic heterocycles. The molecule has 1 aliphatic rings. The SMILES string of the molecule is CC(C)C1CCCCC1Oc1ccc(F)cc1. The van der Waals surface area contributed by atoms with E-state index in [2.05, 4.69) is 13.8 Å². The van der Waals surface area contributed by atoms with Crippen LogP contribution in [0.2, 0.25) is 0 Å². The molecule has 1 aromatic rings. The molecule has 94 valence electrons. The average molecular weight is 236 g/mol. The largest absolute Gasteiger partial charge is 0.490 e. The predicted octanol–water partition coefficient (Wildman–Crippen LogP) is 4.42. The van der Waals surface area contributed by atoms with Crippen LogP contribution in [0.1, 0.15) is 39.5 Å². The molecule has 1 aliphatic carbocycles. The van der Waals surface area contributed by atoms with E-state index in [0.29, 0.717) is 17.9 Å². The number of halogens is 1. The van der Waals surface area contributed by atoms with Gasteiger partial charge in [0.2, 0.25) is 0 Å². The maximum absolute atomic E-state index is 12.8. The number of rotatable bonds is 3. The first-order chi connectivity index (χ1) is 8.16. The molecule has 1 nitrogen and oxygen atoms in total. The minimum atomic E-state index is -0.207. The summed E-state index contributed by atoms with van der Waals surface area (Å²) in [5, 5.41) is 0. The van der Waals surface area contributed by atoms with Gasteiger partial charge in [0, 0.05) is 0 Å². The van der Waals surface area contributed by atoms with Gasteiger partial charge in [-0.3, -0.25) is 0 Å². The molecule has 0 amide bonds. The maximum Gasteiger partial charge on any atom is 0.123 e. The second kappa shape index (κ2) is 5.52. The van der Waals surface area contributed by atoms with Crippen molar-refractivity contribution < 1.29 is 9.13 Å². The summed E-state index contributed by atoms with van der Waals surface area (Å²) >= 11 is 0. The second-order valence-corrected chi connectivity index (χ2v) is 5.30. The van der Waals surface area contributed by atoms with E-state index in [4.69, 9.17) is 4.74 Å². The van der Waals surface area contributed by atoms with Crippen molar-refractivity contribution in [2.45, 2.75) is 45.6 Å². The van der Waals surface area contributed by atoms with E-state index in [1.54, 1.807) is 12.1 Å². The van der Waals surface area contributed by atoms with E-state index in [1.807, 2.05) is 0 Å². The van der Waals surface area contributed by atoms with Gasteiger partial charge in [-0.15, -0.1) is 0 Å². The summed E-state index contributed by atoms with van der Waals surface area (Å²) in [7, 11) is 0. The molecule has 0 radical (unpaired) electrons. The van der Waals surface area contributed by atoms with Gasteiger partial charge in [-0.05, 0) is 55.4 Å². The van der Waals surface area contributed by atoms with Crippen molar-refractivity contribution in [2.24, 2.45) is 11.8 Å². The third-order valence-corrected chi connectivity index (χ3v) is 3.71. The van der Waals surface area contributed by atoms with E-state index in [9.17, 15) is 4.39 Å². The molecule has 0 aromatic heterocycles. The molecule has 2 heteroatoms. The fourth-order valence-corrected chi connectivity index (χ4v) is 2.72. The van der Waals surface area contributed by atoms with Gasteiger partial charge >= 0.3 is 0 Å². The summed E-state index contributed by atoms with van der Waals surface area (Å²) in [6.45, 7) is 4.52. The number of ether oxygens (including phenoxy) is 1. The van der Waals surface area contributed by atoms with E-state index in [1.165, 1.54) is 31.4 Å². The fraction of sp³-hybridized carbons (Fsp3) is 0.600. The standard InChI is InChI=1S/C15H21FO/c1-11(2)14-5-3-4-6-15(14)17-13-9-7-12(16)8-10-13/h7-11,14-15H,3-6H2,1-2H3. The van der Waals surface area contributed by atoms with Gasteiger partial charge in [0.05, 0.1) is 0 Å². The van der Waals surface area contributed by atoms with Gasteiger partial charge < -0.3 is 4.74 Å². The minimum absolute atomic E-state index is 0.207. The molecule has 1 aromatic carbocycles. The molecular weight excluding hydrogens is 215 g/mol. The molecule has 0 bridgehead atoms. The van der Waals surface area contributed by atoms with Gasteiger partial charge in [-0.25, -0.2) is 4.39 Å². The monoisotopic (exact) mass is 236 g/mol. The first-order valence-corrected chi connectivity index (χ1v) is 6.59. The smallest absolute Gasteiger partial charge is 0.123 e. The zero-order valence-corrected chi connectivity index (χ0v) is 10.7. The summed E-state index contributed by atoms with van der Waals surface area (Å²) < 4.78 is 18.8. The van der Waals surface area contributed by atoms with Crippen LogP contribution >= 0.6 is 0 Å².